The Bertz CT molecular complexity index is 705. The quantitative estimate of drug-likeness (QED) is 0.908. The molecule has 1 unspecified atom stereocenters. The minimum Gasteiger partial charge on any atom is -0.377 e. The van der Waals surface area contributed by atoms with Crippen molar-refractivity contribution in [1.82, 2.24) is 4.98 Å². The maximum absolute atomic E-state index is 11.4. The number of nitrogens with zero attached hydrogens (tertiary/aromatic N) is 1. The Balaban J connectivity index is 2.30. The molecule has 2 aromatic rings. The van der Waals surface area contributed by atoms with Crippen molar-refractivity contribution in [2.75, 3.05) is 5.32 Å². The van der Waals surface area contributed by atoms with E-state index in [-0.39, 0.29) is 10.9 Å². The number of nitrogens with two attached hydrogens (primary N) is 1. The Morgan fingerprint density at radius 3 is 2.50 bits per heavy atom. The van der Waals surface area contributed by atoms with Crippen LogP contribution in [0.5, 0.6) is 0 Å². The van der Waals surface area contributed by atoms with E-state index in [0.29, 0.717) is 10.7 Å². The van der Waals surface area contributed by atoms with Gasteiger partial charge in [-0.15, -0.1) is 0 Å². The first kappa shape index (κ1) is 14.8. The molecule has 106 valence electrons. The Morgan fingerprint density at radius 1 is 1.25 bits per heavy atom. The number of pyridine rings is 1. The summed E-state index contributed by atoms with van der Waals surface area (Å²) in [6.07, 6.45) is 3.38. The third kappa shape index (κ3) is 3.47. The van der Waals surface area contributed by atoms with E-state index >= 15 is 0 Å². The fourth-order valence-corrected chi connectivity index (χ4v) is 2.47. The first-order valence-corrected chi connectivity index (χ1v) is 7.79. The SMILES string of the molecule is CC(Nc1cc(S(N)(=O)=O)ccc1Cl)c1ccncc1. The Hall–Kier alpha value is -1.63. The molecule has 0 spiro atoms. The predicted octanol–water partition coefficient (Wildman–Crippen LogP) is 2.56. The number of rotatable bonds is 4. The van der Waals surface area contributed by atoms with Crippen LogP contribution in [0.15, 0.2) is 47.6 Å². The van der Waals surface area contributed by atoms with Gasteiger partial charge >= 0.3 is 0 Å². The standard InChI is InChI=1S/C13H14ClN3O2S/c1-9(10-4-6-16-7-5-10)17-13-8-11(20(15,18)19)2-3-12(13)14/h2-9,17H,1H3,(H2,15,18,19). The summed E-state index contributed by atoms with van der Waals surface area (Å²) in [7, 11) is -3.75. The van der Waals surface area contributed by atoms with Gasteiger partial charge in [0.25, 0.3) is 0 Å². The molecule has 5 nitrogen and oxygen atoms in total. The molecule has 0 saturated heterocycles. The fourth-order valence-electron chi connectivity index (χ4n) is 1.76. The molecule has 0 radical (unpaired) electrons. The van der Waals surface area contributed by atoms with Gasteiger partial charge < -0.3 is 5.32 Å². The lowest BCUT2D eigenvalue weighted by Gasteiger charge is -2.17. The van der Waals surface area contributed by atoms with Crippen molar-refractivity contribution in [3.63, 3.8) is 0 Å². The van der Waals surface area contributed by atoms with Gasteiger partial charge in [0.1, 0.15) is 0 Å². The van der Waals surface area contributed by atoms with E-state index in [1.165, 1.54) is 18.2 Å². The highest BCUT2D eigenvalue weighted by atomic mass is 35.5. The molecule has 1 aromatic heterocycles. The monoisotopic (exact) mass is 311 g/mol. The highest BCUT2D eigenvalue weighted by Gasteiger charge is 2.13. The molecule has 7 heteroatoms. The molecular formula is C13H14ClN3O2S. The van der Waals surface area contributed by atoms with Crippen LogP contribution in [0, 0.1) is 0 Å². The zero-order chi connectivity index (χ0) is 14.8. The van der Waals surface area contributed by atoms with Crippen LogP contribution >= 0.6 is 11.6 Å². The molecule has 0 aliphatic rings. The Morgan fingerprint density at radius 2 is 1.90 bits per heavy atom. The van der Waals surface area contributed by atoms with E-state index in [0.717, 1.165) is 5.56 Å². The van der Waals surface area contributed by atoms with Crippen LogP contribution in [0.4, 0.5) is 5.69 Å². The van der Waals surface area contributed by atoms with Gasteiger partial charge in [-0.2, -0.15) is 0 Å². The summed E-state index contributed by atoms with van der Waals surface area (Å²) in [5.41, 5.74) is 1.53. The highest BCUT2D eigenvalue weighted by molar-refractivity contribution is 7.89. The average Bonchev–Trinajstić information content (AvgIpc) is 2.41. The second kappa shape index (κ2) is 5.78. The van der Waals surface area contributed by atoms with Crippen LogP contribution in [0.2, 0.25) is 5.02 Å². The number of anilines is 1. The van der Waals surface area contributed by atoms with E-state index in [9.17, 15) is 8.42 Å². The van der Waals surface area contributed by atoms with Crippen LogP contribution in [-0.2, 0) is 10.0 Å². The average molecular weight is 312 g/mol. The van der Waals surface area contributed by atoms with Crippen LogP contribution in [0.3, 0.4) is 0 Å². The zero-order valence-corrected chi connectivity index (χ0v) is 12.3. The topological polar surface area (TPSA) is 85.1 Å². The highest BCUT2D eigenvalue weighted by Crippen LogP contribution is 2.28. The van der Waals surface area contributed by atoms with Crippen molar-refractivity contribution in [1.29, 1.82) is 0 Å². The van der Waals surface area contributed by atoms with Crippen molar-refractivity contribution < 1.29 is 8.42 Å². The molecule has 0 amide bonds. The van der Waals surface area contributed by atoms with Gasteiger partial charge in [0, 0.05) is 18.4 Å². The number of sulfonamides is 1. The maximum Gasteiger partial charge on any atom is 0.238 e. The second-order valence-corrected chi connectivity index (χ2v) is 6.30. The second-order valence-electron chi connectivity index (χ2n) is 4.33. The summed E-state index contributed by atoms with van der Waals surface area (Å²) in [4.78, 5) is 3.97. The van der Waals surface area contributed by atoms with Crippen molar-refractivity contribution in [2.24, 2.45) is 5.14 Å². The minimum absolute atomic E-state index is 0.0197. The summed E-state index contributed by atoms with van der Waals surface area (Å²) < 4.78 is 22.7. The lowest BCUT2D eigenvalue weighted by atomic mass is 10.1. The zero-order valence-electron chi connectivity index (χ0n) is 10.7. The molecule has 1 aromatic carbocycles. The first-order chi connectivity index (χ1) is 9.38. The molecule has 3 N–H and O–H groups in total. The van der Waals surface area contributed by atoms with Gasteiger partial charge in [-0.1, -0.05) is 11.6 Å². The largest absolute Gasteiger partial charge is 0.377 e. The molecule has 0 aliphatic carbocycles. The number of hydrogen-bond donors (Lipinski definition) is 2. The van der Waals surface area contributed by atoms with E-state index in [2.05, 4.69) is 10.3 Å². The molecule has 0 aliphatic heterocycles. The van der Waals surface area contributed by atoms with Gasteiger partial charge in [-0.25, -0.2) is 13.6 Å². The maximum atomic E-state index is 11.4. The molecule has 1 heterocycles. The third-order valence-electron chi connectivity index (χ3n) is 2.84. The Labute approximate surface area is 122 Å². The molecule has 0 saturated carbocycles. The normalized spacial score (nSPS) is 12.9. The molecule has 0 bridgehead atoms. The van der Waals surface area contributed by atoms with E-state index in [1.807, 2.05) is 19.1 Å². The van der Waals surface area contributed by atoms with E-state index < -0.39 is 10.0 Å². The molecule has 2 rings (SSSR count). The first-order valence-electron chi connectivity index (χ1n) is 5.87. The van der Waals surface area contributed by atoms with Gasteiger partial charge in [0.15, 0.2) is 0 Å². The van der Waals surface area contributed by atoms with Crippen LogP contribution in [0.1, 0.15) is 18.5 Å². The number of benzene rings is 1. The number of nitrogens with one attached hydrogen (secondary N) is 1. The fraction of sp³-hybridized carbons (Fsp3) is 0.154. The van der Waals surface area contributed by atoms with Crippen molar-refractivity contribution in [3.8, 4) is 0 Å². The van der Waals surface area contributed by atoms with Gasteiger partial charge in [0.2, 0.25) is 10.0 Å². The molecule has 0 fully saturated rings. The lowest BCUT2D eigenvalue weighted by Crippen LogP contribution is -2.13. The summed E-state index contributed by atoms with van der Waals surface area (Å²) in [5.74, 6) is 0. The van der Waals surface area contributed by atoms with E-state index in [4.69, 9.17) is 16.7 Å². The van der Waals surface area contributed by atoms with Crippen LogP contribution < -0.4 is 10.5 Å². The number of hydrogen-bond acceptors (Lipinski definition) is 4. The minimum atomic E-state index is -3.75. The molecule has 1 atom stereocenters. The number of primary sulfonamides is 1. The number of aromatic nitrogens is 1. The van der Waals surface area contributed by atoms with Crippen molar-refractivity contribution in [3.05, 3.63) is 53.3 Å². The summed E-state index contributed by atoms with van der Waals surface area (Å²) in [6, 6.07) is 7.99. The Kier molecular flexibility index (Phi) is 4.27. The molecule has 20 heavy (non-hydrogen) atoms. The predicted molar refractivity (Wildman–Crippen MR) is 79.1 cm³/mol. The molecular weight excluding hydrogens is 298 g/mol. The number of halogens is 1. The third-order valence-corrected chi connectivity index (χ3v) is 4.09. The lowest BCUT2D eigenvalue weighted by molar-refractivity contribution is 0.598. The van der Waals surface area contributed by atoms with Crippen LogP contribution in [0.25, 0.3) is 0 Å². The van der Waals surface area contributed by atoms with Crippen molar-refractivity contribution in [2.45, 2.75) is 17.9 Å². The summed E-state index contributed by atoms with van der Waals surface area (Å²) >= 11 is 6.07. The van der Waals surface area contributed by atoms with Crippen LogP contribution in [-0.4, -0.2) is 13.4 Å². The van der Waals surface area contributed by atoms with Gasteiger partial charge in [0.05, 0.1) is 15.6 Å². The summed E-state index contributed by atoms with van der Waals surface area (Å²) in [5, 5.41) is 8.70. The van der Waals surface area contributed by atoms with Gasteiger partial charge in [-0.05, 0) is 42.8 Å². The smallest absolute Gasteiger partial charge is 0.238 e. The van der Waals surface area contributed by atoms with Gasteiger partial charge in [-0.3, -0.25) is 4.98 Å². The van der Waals surface area contributed by atoms with E-state index in [1.54, 1.807) is 12.4 Å². The van der Waals surface area contributed by atoms with Crippen molar-refractivity contribution >= 4 is 27.3 Å². The summed E-state index contributed by atoms with van der Waals surface area (Å²) in [6.45, 7) is 1.94.